The summed E-state index contributed by atoms with van der Waals surface area (Å²) in [6.07, 6.45) is -0.0118. The van der Waals surface area contributed by atoms with Gasteiger partial charge in [-0.05, 0) is 56.3 Å². The number of carbonyl (C=O) groups is 2. The van der Waals surface area contributed by atoms with E-state index in [-0.39, 0.29) is 12.0 Å². The summed E-state index contributed by atoms with van der Waals surface area (Å²) in [4.78, 5) is 23.4. The lowest BCUT2D eigenvalue weighted by molar-refractivity contribution is -0.344. The minimum absolute atomic E-state index is 0.0888. The second-order valence-corrected chi connectivity index (χ2v) is 9.44. The number of hydrogen-bond acceptors (Lipinski definition) is 4. The van der Waals surface area contributed by atoms with Gasteiger partial charge < -0.3 is 9.47 Å². The molecule has 4 fully saturated rings. The summed E-state index contributed by atoms with van der Waals surface area (Å²) in [5.74, 6) is -19.0. The van der Waals surface area contributed by atoms with Crippen LogP contribution < -0.4 is 0 Å². The number of carbonyl (C=O) groups excluding carboxylic acids is 2. The lowest BCUT2D eigenvalue weighted by Crippen LogP contribution is -2.59. The van der Waals surface area contributed by atoms with E-state index in [1.807, 2.05) is 0 Å². The van der Waals surface area contributed by atoms with Crippen molar-refractivity contribution in [1.82, 2.24) is 0 Å². The third-order valence-corrected chi connectivity index (χ3v) is 6.80. The molecule has 12 heteroatoms. The quantitative estimate of drug-likeness (QED) is 0.317. The Morgan fingerprint density at radius 2 is 1.25 bits per heavy atom. The van der Waals surface area contributed by atoms with Crippen molar-refractivity contribution in [3.8, 4) is 0 Å². The van der Waals surface area contributed by atoms with Gasteiger partial charge in [0.1, 0.15) is 0 Å². The summed E-state index contributed by atoms with van der Waals surface area (Å²) in [7, 11) is 0. The minimum atomic E-state index is -6.45. The lowest BCUT2D eigenvalue weighted by atomic mass is 9.50. The Bertz CT molecular complexity index is 689. The third kappa shape index (κ3) is 4.83. The molecule has 0 aromatic heterocycles. The van der Waals surface area contributed by atoms with Gasteiger partial charge in [-0.3, -0.25) is 9.59 Å². The first-order valence-corrected chi connectivity index (χ1v) is 10.4. The average Bonchev–Trinajstić information content (AvgIpc) is 2.68. The molecule has 0 radical (unpaired) electrons. The van der Waals surface area contributed by atoms with Crippen LogP contribution in [0.4, 0.5) is 35.1 Å². The molecule has 4 aliphatic rings. The van der Waals surface area contributed by atoms with Gasteiger partial charge in [-0.15, -0.1) is 0 Å². The van der Waals surface area contributed by atoms with Gasteiger partial charge in [0.05, 0.1) is 19.4 Å². The van der Waals surface area contributed by atoms with E-state index in [0.29, 0.717) is 17.8 Å². The molecule has 0 aliphatic heterocycles. The van der Waals surface area contributed by atoms with Crippen LogP contribution in [0.2, 0.25) is 0 Å². The van der Waals surface area contributed by atoms with Gasteiger partial charge in [0.2, 0.25) is 0 Å². The van der Waals surface area contributed by atoms with Crippen molar-refractivity contribution >= 4 is 11.9 Å². The molecule has 32 heavy (non-hydrogen) atoms. The smallest absolute Gasteiger partial charge is 0.381 e. The largest absolute Gasteiger partial charge is 0.465 e. The molecule has 0 heterocycles. The lowest BCUT2D eigenvalue weighted by Gasteiger charge is -2.56. The molecule has 0 N–H and O–H groups in total. The van der Waals surface area contributed by atoms with Crippen molar-refractivity contribution in [3.05, 3.63) is 0 Å². The van der Waals surface area contributed by atoms with Gasteiger partial charge in [-0.2, -0.15) is 26.3 Å². The van der Waals surface area contributed by atoms with E-state index < -0.39 is 55.6 Å². The van der Waals surface area contributed by atoms with Gasteiger partial charge in [-0.1, -0.05) is 0 Å². The Balaban J connectivity index is 1.41. The summed E-state index contributed by atoms with van der Waals surface area (Å²) < 4.78 is 112. The zero-order valence-electron chi connectivity index (χ0n) is 17.0. The average molecular weight is 480 g/mol. The van der Waals surface area contributed by atoms with Gasteiger partial charge >= 0.3 is 36.1 Å². The summed E-state index contributed by atoms with van der Waals surface area (Å²) in [5.41, 5.74) is -0.0888. The molecular weight excluding hydrogens is 456 g/mol. The highest BCUT2D eigenvalue weighted by Gasteiger charge is 2.75. The molecule has 0 amide bonds. The van der Waals surface area contributed by atoms with Crippen molar-refractivity contribution in [1.29, 1.82) is 0 Å². The van der Waals surface area contributed by atoms with Crippen LogP contribution in [-0.4, -0.2) is 49.3 Å². The molecule has 0 atom stereocenters. The normalized spacial score (nSPS) is 30.0. The first-order chi connectivity index (χ1) is 14.7. The standard InChI is InChI=1S/C20H24F8O4/c21-16(22)19(25,26)20(27,28)18(23,24)10-32-15(30)2-1-14(29)31-9-17-6-11-3-12(7-17)5-13(4-11)8-17/h11-13,16H,1-10H2. The SMILES string of the molecule is O=C(CCC(=O)OCC(F)(F)C(F)(F)C(F)(F)C(F)F)OCC12CC3CC(CC(C3)C1)C2. The Labute approximate surface area is 179 Å². The number of ether oxygens (including phenoxy) is 2. The summed E-state index contributed by atoms with van der Waals surface area (Å²) in [6.45, 7) is -2.36. The maximum absolute atomic E-state index is 13.4. The fraction of sp³-hybridized carbons (Fsp3) is 0.900. The highest BCUT2D eigenvalue weighted by molar-refractivity contribution is 5.77. The minimum Gasteiger partial charge on any atom is -0.465 e. The third-order valence-electron chi connectivity index (χ3n) is 6.80. The molecule has 184 valence electrons. The molecule has 0 aromatic carbocycles. The zero-order valence-corrected chi connectivity index (χ0v) is 17.0. The van der Waals surface area contributed by atoms with Crippen LogP contribution in [0.1, 0.15) is 51.4 Å². The van der Waals surface area contributed by atoms with E-state index in [0.717, 1.165) is 19.3 Å². The van der Waals surface area contributed by atoms with E-state index in [2.05, 4.69) is 4.74 Å². The number of halogens is 8. The van der Waals surface area contributed by atoms with Crippen LogP contribution in [0.25, 0.3) is 0 Å². The molecule has 0 unspecified atom stereocenters. The maximum Gasteiger partial charge on any atom is 0.381 e. The molecule has 4 saturated carbocycles. The van der Waals surface area contributed by atoms with Gasteiger partial charge in [0.15, 0.2) is 6.61 Å². The first-order valence-electron chi connectivity index (χ1n) is 10.4. The van der Waals surface area contributed by atoms with Crippen molar-refractivity contribution in [2.24, 2.45) is 23.2 Å². The number of rotatable bonds is 10. The van der Waals surface area contributed by atoms with Crippen molar-refractivity contribution in [2.75, 3.05) is 13.2 Å². The van der Waals surface area contributed by atoms with E-state index >= 15 is 0 Å². The molecule has 4 bridgehead atoms. The summed E-state index contributed by atoms with van der Waals surface area (Å²) in [5, 5.41) is 0. The predicted octanol–water partition coefficient (Wildman–Crippen LogP) is 5.24. The molecule has 0 spiro atoms. The Morgan fingerprint density at radius 3 is 1.69 bits per heavy atom. The fourth-order valence-corrected chi connectivity index (χ4v) is 5.69. The van der Waals surface area contributed by atoms with Crippen LogP contribution in [0, 0.1) is 23.2 Å². The monoisotopic (exact) mass is 480 g/mol. The number of esters is 2. The van der Waals surface area contributed by atoms with Crippen molar-refractivity contribution < 1.29 is 54.2 Å². The second kappa shape index (κ2) is 8.62. The number of alkyl halides is 8. The Hall–Kier alpha value is -1.62. The van der Waals surface area contributed by atoms with Gasteiger partial charge in [-0.25, -0.2) is 8.78 Å². The molecule has 0 aromatic rings. The van der Waals surface area contributed by atoms with E-state index in [1.54, 1.807) is 0 Å². The molecule has 4 aliphatic carbocycles. The van der Waals surface area contributed by atoms with E-state index in [4.69, 9.17) is 4.74 Å². The van der Waals surface area contributed by atoms with Crippen molar-refractivity contribution in [3.63, 3.8) is 0 Å². The van der Waals surface area contributed by atoms with E-state index in [1.165, 1.54) is 19.3 Å². The van der Waals surface area contributed by atoms with Gasteiger partial charge in [0.25, 0.3) is 0 Å². The van der Waals surface area contributed by atoms with Crippen molar-refractivity contribution in [2.45, 2.75) is 75.6 Å². The molecule has 4 rings (SSSR count). The van der Waals surface area contributed by atoms with Crippen LogP contribution in [0.15, 0.2) is 0 Å². The second-order valence-electron chi connectivity index (χ2n) is 9.44. The van der Waals surface area contributed by atoms with E-state index in [9.17, 15) is 44.7 Å². The van der Waals surface area contributed by atoms with Crippen LogP contribution in [-0.2, 0) is 19.1 Å². The zero-order chi connectivity index (χ0) is 23.9. The van der Waals surface area contributed by atoms with Crippen LogP contribution >= 0.6 is 0 Å². The highest BCUT2D eigenvalue weighted by atomic mass is 19.4. The Morgan fingerprint density at radius 1 is 0.812 bits per heavy atom. The molecule has 0 saturated heterocycles. The Kier molecular flexibility index (Phi) is 6.74. The maximum atomic E-state index is 13.4. The summed E-state index contributed by atoms with van der Waals surface area (Å²) >= 11 is 0. The molecule has 4 nitrogen and oxygen atoms in total. The molecular formula is C20H24F8O4. The predicted molar refractivity (Wildman–Crippen MR) is 92.6 cm³/mol. The van der Waals surface area contributed by atoms with Crippen LogP contribution in [0.3, 0.4) is 0 Å². The fourth-order valence-electron chi connectivity index (χ4n) is 5.69. The number of hydrogen-bond donors (Lipinski definition) is 0. The van der Waals surface area contributed by atoms with Crippen LogP contribution in [0.5, 0.6) is 0 Å². The van der Waals surface area contributed by atoms with Gasteiger partial charge in [0, 0.05) is 5.41 Å². The summed E-state index contributed by atoms with van der Waals surface area (Å²) in [6, 6.07) is 0. The highest BCUT2D eigenvalue weighted by Crippen LogP contribution is 2.60. The first kappa shape index (κ1) is 25.0. The topological polar surface area (TPSA) is 52.6 Å².